The minimum atomic E-state index is 0.555. The van der Waals surface area contributed by atoms with E-state index in [1.807, 2.05) is 61.5 Å². The van der Waals surface area contributed by atoms with E-state index in [9.17, 15) is 0 Å². The standard InChI is InChI=1S/C20H16N2O2/c1-13-19-17(14-8-10-16(23-2)11-9-14)12-18(21-20(19)24-22-13)15-6-4-3-5-7-15/h3-12H,1-2H3. The second-order valence-corrected chi connectivity index (χ2v) is 5.60. The predicted molar refractivity (Wildman–Crippen MR) is 94.0 cm³/mol. The molecule has 0 fully saturated rings. The molecule has 24 heavy (non-hydrogen) atoms. The Kier molecular flexibility index (Phi) is 3.50. The van der Waals surface area contributed by atoms with Crippen LogP contribution in [-0.4, -0.2) is 17.3 Å². The summed E-state index contributed by atoms with van der Waals surface area (Å²) in [4.78, 5) is 4.63. The highest BCUT2D eigenvalue weighted by Gasteiger charge is 2.15. The Bertz CT molecular complexity index is 990. The molecular weight excluding hydrogens is 300 g/mol. The summed E-state index contributed by atoms with van der Waals surface area (Å²) in [6.45, 7) is 1.93. The summed E-state index contributed by atoms with van der Waals surface area (Å²) in [6.07, 6.45) is 0. The van der Waals surface area contributed by atoms with Crippen LogP contribution in [-0.2, 0) is 0 Å². The lowest BCUT2D eigenvalue weighted by Crippen LogP contribution is -1.89. The van der Waals surface area contributed by atoms with Gasteiger partial charge in [-0.25, -0.2) is 4.98 Å². The SMILES string of the molecule is COc1ccc(-c2cc(-c3ccccc3)nc3onc(C)c23)cc1. The van der Waals surface area contributed by atoms with Gasteiger partial charge in [-0.3, -0.25) is 0 Å². The van der Waals surface area contributed by atoms with E-state index < -0.39 is 0 Å². The summed E-state index contributed by atoms with van der Waals surface area (Å²) in [5.74, 6) is 0.828. The summed E-state index contributed by atoms with van der Waals surface area (Å²) in [7, 11) is 1.66. The van der Waals surface area contributed by atoms with Crippen molar-refractivity contribution in [3.05, 3.63) is 66.4 Å². The van der Waals surface area contributed by atoms with Crippen LogP contribution in [0.25, 0.3) is 33.5 Å². The molecule has 0 amide bonds. The van der Waals surface area contributed by atoms with Crippen LogP contribution in [0.15, 0.2) is 65.2 Å². The summed E-state index contributed by atoms with van der Waals surface area (Å²) in [6, 6.07) is 20.1. The van der Waals surface area contributed by atoms with E-state index in [0.29, 0.717) is 5.71 Å². The second-order valence-electron chi connectivity index (χ2n) is 5.60. The highest BCUT2D eigenvalue weighted by atomic mass is 16.5. The van der Waals surface area contributed by atoms with Crippen molar-refractivity contribution < 1.29 is 9.26 Å². The summed E-state index contributed by atoms with van der Waals surface area (Å²) >= 11 is 0. The molecule has 0 atom stereocenters. The third-order valence-electron chi connectivity index (χ3n) is 4.09. The van der Waals surface area contributed by atoms with E-state index >= 15 is 0 Å². The molecule has 0 aliphatic heterocycles. The van der Waals surface area contributed by atoms with Gasteiger partial charge in [-0.2, -0.15) is 0 Å². The van der Waals surface area contributed by atoms with Crippen molar-refractivity contribution >= 4 is 11.1 Å². The molecule has 0 saturated heterocycles. The molecule has 0 spiro atoms. The maximum absolute atomic E-state index is 5.43. The van der Waals surface area contributed by atoms with Gasteiger partial charge in [0.05, 0.1) is 23.9 Å². The van der Waals surface area contributed by atoms with Crippen LogP contribution in [0.1, 0.15) is 5.69 Å². The smallest absolute Gasteiger partial charge is 0.259 e. The quantitative estimate of drug-likeness (QED) is 0.541. The molecule has 2 heterocycles. The van der Waals surface area contributed by atoms with Crippen LogP contribution in [0.2, 0.25) is 0 Å². The Balaban J connectivity index is 1.96. The molecule has 2 aromatic carbocycles. The van der Waals surface area contributed by atoms with E-state index in [4.69, 9.17) is 9.26 Å². The summed E-state index contributed by atoms with van der Waals surface area (Å²) in [5.41, 5.74) is 5.43. The van der Waals surface area contributed by atoms with Gasteiger partial charge in [-0.15, -0.1) is 0 Å². The lowest BCUT2D eigenvalue weighted by atomic mass is 9.99. The largest absolute Gasteiger partial charge is 0.497 e. The molecule has 118 valence electrons. The lowest BCUT2D eigenvalue weighted by Gasteiger charge is -2.08. The molecule has 4 aromatic rings. The number of rotatable bonds is 3. The van der Waals surface area contributed by atoms with E-state index in [0.717, 1.165) is 39.2 Å². The van der Waals surface area contributed by atoms with Crippen LogP contribution in [0.4, 0.5) is 0 Å². The Hall–Kier alpha value is -3.14. The maximum Gasteiger partial charge on any atom is 0.259 e. The molecule has 0 unspecified atom stereocenters. The summed E-state index contributed by atoms with van der Waals surface area (Å²) < 4.78 is 10.7. The number of hydrogen-bond donors (Lipinski definition) is 0. The predicted octanol–water partition coefficient (Wildman–Crippen LogP) is 4.87. The molecule has 0 aliphatic rings. The van der Waals surface area contributed by atoms with Crippen molar-refractivity contribution in [2.24, 2.45) is 0 Å². The molecule has 4 rings (SSSR count). The van der Waals surface area contributed by atoms with Gasteiger partial charge in [0.1, 0.15) is 5.75 Å². The first kappa shape index (κ1) is 14.5. The van der Waals surface area contributed by atoms with E-state index in [-0.39, 0.29) is 0 Å². The van der Waals surface area contributed by atoms with Crippen molar-refractivity contribution in [3.8, 4) is 28.1 Å². The average Bonchev–Trinajstić information content (AvgIpc) is 3.03. The van der Waals surface area contributed by atoms with Gasteiger partial charge in [-0.1, -0.05) is 47.6 Å². The zero-order valence-corrected chi connectivity index (χ0v) is 13.5. The first-order valence-electron chi connectivity index (χ1n) is 7.73. The minimum absolute atomic E-state index is 0.555. The molecule has 0 bridgehead atoms. The fraction of sp³-hybridized carbons (Fsp3) is 0.100. The van der Waals surface area contributed by atoms with Crippen LogP contribution in [0.3, 0.4) is 0 Å². The van der Waals surface area contributed by atoms with Crippen molar-refractivity contribution in [3.63, 3.8) is 0 Å². The topological polar surface area (TPSA) is 48.2 Å². The number of ether oxygens (including phenoxy) is 1. The normalized spacial score (nSPS) is 10.9. The Morgan fingerprint density at radius 1 is 0.917 bits per heavy atom. The number of fused-ring (bicyclic) bond motifs is 1. The number of methoxy groups -OCH3 is 1. The maximum atomic E-state index is 5.43. The van der Waals surface area contributed by atoms with Crippen LogP contribution < -0.4 is 4.74 Å². The number of aryl methyl sites for hydroxylation is 1. The zero-order valence-electron chi connectivity index (χ0n) is 13.5. The molecular formula is C20H16N2O2. The monoisotopic (exact) mass is 316 g/mol. The Morgan fingerprint density at radius 2 is 1.67 bits per heavy atom. The molecule has 0 N–H and O–H groups in total. The van der Waals surface area contributed by atoms with Gasteiger partial charge >= 0.3 is 0 Å². The first-order valence-corrected chi connectivity index (χ1v) is 7.73. The third-order valence-corrected chi connectivity index (χ3v) is 4.09. The number of nitrogens with zero attached hydrogens (tertiary/aromatic N) is 2. The number of benzene rings is 2. The second kappa shape index (κ2) is 5.81. The van der Waals surface area contributed by atoms with Crippen molar-refractivity contribution in [1.29, 1.82) is 0 Å². The van der Waals surface area contributed by atoms with Crippen LogP contribution >= 0.6 is 0 Å². The fourth-order valence-corrected chi connectivity index (χ4v) is 2.85. The number of pyridine rings is 1. The van der Waals surface area contributed by atoms with Crippen molar-refractivity contribution in [2.45, 2.75) is 6.92 Å². The van der Waals surface area contributed by atoms with Gasteiger partial charge in [-0.05, 0) is 36.2 Å². The van der Waals surface area contributed by atoms with Gasteiger partial charge < -0.3 is 9.26 Å². The third kappa shape index (κ3) is 2.42. The fourth-order valence-electron chi connectivity index (χ4n) is 2.85. The highest BCUT2D eigenvalue weighted by molar-refractivity contribution is 5.95. The molecule has 4 heteroatoms. The van der Waals surface area contributed by atoms with Gasteiger partial charge in [0.15, 0.2) is 0 Å². The van der Waals surface area contributed by atoms with E-state index in [1.54, 1.807) is 7.11 Å². The number of aromatic nitrogens is 2. The molecule has 0 saturated carbocycles. The van der Waals surface area contributed by atoms with Crippen LogP contribution in [0.5, 0.6) is 5.75 Å². The van der Waals surface area contributed by atoms with Gasteiger partial charge in [0.2, 0.25) is 0 Å². The Labute approximate surface area is 139 Å². The van der Waals surface area contributed by atoms with E-state index in [2.05, 4.69) is 16.2 Å². The zero-order chi connectivity index (χ0) is 16.5. The molecule has 4 nitrogen and oxygen atoms in total. The van der Waals surface area contributed by atoms with E-state index in [1.165, 1.54) is 0 Å². The van der Waals surface area contributed by atoms with Gasteiger partial charge in [0, 0.05) is 5.56 Å². The summed E-state index contributed by atoms with van der Waals surface area (Å²) in [5, 5.41) is 5.03. The molecule has 0 radical (unpaired) electrons. The highest BCUT2D eigenvalue weighted by Crippen LogP contribution is 2.34. The molecule has 0 aliphatic carbocycles. The van der Waals surface area contributed by atoms with Gasteiger partial charge in [0.25, 0.3) is 5.71 Å². The lowest BCUT2D eigenvalue weighted by molar-refractivity contribution is 0.415. The van der Waals surface area contributed by atoms with Crippen molar-refractivity contribution in [1.82, 2.24) is 10.1 Å². The average molecular weight is 316 g/mol. The first-order chi connectivity index (χ1) is 11.8. The van der Waals surface area contributed by atoms with Crippen LogP contribution in [0, 0.1) is 6.92 Å². The number of hydrogen-bond acceptors (Lipinski definition) is 4. The minimum Gasteiger partial charge on any atom is -0.497 e. The van der Waals surface area contributed by atoms with Crippen molar-refractivity contribution in [2.75, 3.05) is 7.11 Å². The Morgan fingerprint density at radius 3 is 2.38 bits per heavy atom. The molecule has 2 aromatic heterocycles.